The first-order chi connectivity index (χ1) is 13.3. The third kappa shape index (κ3) is 4.04. The molecule has 3 unspecified atom stereocenters. The van der Waals surface area contributed by atoms with E-state index in [2.05, 4.69) is 19.2 Å². The molecule has 2 aliphatic carbocycles. The summed E-state index contributed by atoms with van der Waals surface area (Å²) < 4.78 is 0. The van der Waals surface area contributed by atoms with E-state index in [0.29, 0.717) is 18.9 Å². The number of nitrogens with one attached hydrogen (secondary N) is 1. The van der Waals surface area contributed by atoms with Crippen molar-refractivity contribution in [2.45, 2.75) is 72.0 Å². The fourth-order valence-electron chi connectivity index (χ4n) is 4.71. The van der Waals surface area contributed by atoms with Crippen molar-refractivity contribution in [2.24, 2.45) is 40.1 Å². The van der Waals surface area contributed by atoms with Crippen LogP contribution in [0.4, 0.5) is 0 Å². The van der Waals surface area contributed by atoms with Crippen LogP contribution in [-0.2, 0) is 19.2 Å². The number of Topliss-reactive ketones (excluding diaryl/α,β-unsaturated/α-hetero) is 1. The van der Waals surface area contributed by atoms with Crippen molar-refractivity contribution in [3.8, 4) is 0 Å². The Hall–Kier alpha value is -1.96. The van der Waals surface area contributed by atoms with Crippen LogP contribution in [0.2, 0.25) is 0 Å². The Kier molecular flexibility index (Phi) is 5.30. The van der Waals surface area contributed by atoms with Gasteiger partial charge in [0.1, 0.15) is 6.04 Å². The fourth-order valence-corrected chi connectivity index (χ4v) is 4.71. The molecule has 2 saturated carbocycles. The number of carbonyl (C=O) groups is 4. The molecule has 162 valence electrons. The summed E-state index contributed by atoms with van der Waals surface area (Å²) in [7, 11) is 0. The van der Waals surface area contributed by atoms with Crippen molar-refractivity contribution in [1.82, 2.24) is 10.2 Å². The molecule has 3 aliphatic rings. The highest BCUT2D eigenvalue weighted by atomic mass is 16.2. The summed E-state index contributed by atoms with van der Waals surface area (Å²) in [5.74, 6) is -1.90. The van der Waals surface area contributed by atoms with Gasteiger partial charge in [0.15, 0.2) is 0 Å². The molecule has 29 heavy (non-hydrogen) atoms. The second-order valence-corrected chi connectivity index (χ2v) is 10.7. The minimum Gasteiger partial charge on any atom is -0.363 e. The van der Waals surface area contributed by atoms with E-state index in [0.717, 1.165) is 12.8 Å². The number of primary amides is 1. The van der Waals surface area contributed by atoms with E-state index in [-0.39, 0.29) is 23.2 Å². The molecule has 8 nitrogen and oxygen atoms in total. The minimum atomic E-state index is -1.05. The molecule has 0 radical (unpaired) electrons. The number of likely N-dealkylation sites (tertiary alicyclic amines) is 1. The average molecular weight is 407 g/mol. The lowest BCUT2D eigenvalue weighted by atomic mass is 9.86. The Balaban J connectivity index is 1.79. The molecule has 0 aromatic carbocycles. The number of carbonyl (C=O) groups excluding carboxylic acids is 4. The summed E-state index contributed by atoms with van der Waals surface area (Å²) in [4.78, 5) is 51.6. The van der Waals surface area contributed by atoms with Gasteiger partial charge in [0.25, 0.3) is 5.91 Å². The molecule has 0 aromatic heterocycles. The molecule has 0 aromatic rings. The number of ketones is 1. The van der Waals surface area contributed by atoms with Crippen LogP contribution in [0, 0.1) is 28.6 Å². The molecule has 1 aliphatic heterocycles. The van der Waals surface area contributed by atoms with Crippen molar-refractivity contribution in [3.05, 3.63) is 0 Å². The quantitative estimate of drug-likeness (QED) is 0.518. The van der Waals surface area contributed by atoms with E-state index in [1.165, 1.54) is 0 Å². The highest BCUT2D eigenvalue weighted by Gasteiger charge is 2.69. The van der Waals surface area contributed by atoms with Gasteiger partial charge in [-0.3, -0.25) is 19.2 Å². The van der Waals surface area contributed by atoms with Gasteiger partial charge in [-0.25, -0.2) is 0 Å². The lowest BCUT2D eigenvalue weighted by Gasteiger charge is -2.36. The molecule has 1 saturated heterocycles. The number of piperidine rings is 1. The molecular formula is C21H34N4O4. The number of hydrogen-bond acceptors (Lipinski definition) is 5. The molecule has 3 amide bonds. The minimum absolute atomic E-state index is 0.0175. The number of rotatable bonds is 7. The van der Waals surface area contributed by atoms with Crippen LogP contribution in [0.1, 0.15) is 53.9 Å². The van der Waals surface area contributed by atoms with Gasteiger partial charge < -0.3 is 21.7 Å². The summed E-state index contributed by atoms with van der Waals surface area (Å²) in [5.41, 5.74) is 10.9. The zero-order valence-corrected chi connectivity index (χ0v) is 18.0. The van der Waals surface area contributed by atoms with E-state index >= 15 is 0 Å². The Morgan fingerprint density at radius 2 is 1.76 bits per heavy atom. The van der Waals surface area contributed by atoms with Crippen molar-refractivity contribution in [2.75, 3.05) is 6.54 Å². The number of fused-ring (bicyclic) bond motifs is 1. The molecule has 1 heterocycles. The highest BCUT2D eigenvalue weighted by molar-refractivity contribution is 6.37. The van der Waals surface area contributed by atoms with Gasteiger partial charge in [0.05, 0.1) is 12.1 Å². The van der Waals surface area contributed by atoms with Gasteiger partial charge >= 0.3 is 0 Å². The van der Waals surface area contributed by atoms with Crippen LogP contribution in [-0.4, -0.2) is 53.1 Å². The summed E-state index contributed by atoms with van der Waals surface area (Å²) >= 11 is 0. The van der Waals surface area contributed by atoms with Crippen LogP contribution in [0.15, 0.2) is 0 Å². The third-order valence-electron chi connectivity index (χ3n) is 7.10. The number of nitrogens with zero attached hydrogens (tertiary/aromatic N) is 1. The maximum Gasteiger partial charge on any atom is 0.287 e. The first-order valence-electron chi connectivity index (χ1n) is 10.5. The van der Waals surface area contributed by atoms with E-state index < -0.39 is 41.1 Å². The number of amides is 3. The summed E-state index contributed by atoms with van der Waals surface area (Å²) in [6.07, 6.45) is 2.36. The average Bonchev–Trinajstić information content (AvgIpc) is 3.45. The monoisotopic (exact) mass is 406 g/mol. The Morgan fingerprint density at radius 3 is 2.24 bits per heavy atom. The second-order valence-electron chi connectivity index (χ2n) is 10.7. The van der Waals surface area contributed by atoms with Crippen LogP contribution in [0.5, 0.6) is 0 Å². The molecule has 5 N–H and O–H groups in total. The van der Waals surface area contributed by atoms with Crippen LogP contribution in [0.3, 0.4) is 0 Å². The fraction of sp³-hybridized carbons (Fsp3) is 0.810. The van der Waals surface area contributed by atoms with Gasteiger partial charge in [-0.15, -0.1) is 0 Å². The van der Waals surface area contributed by atoms with Crippen molar-refractivity contribution in [3.63, 3.8) is 0 Å². The van der Waals surface area contributed by atoms with Crippen LogP contribution >= 0.6 is 0 Å². The zero-order chi connectivity index (χ0) is 21.9. The molecule has 3 rings (SSSR count). The Labute approximate surface area is 172 Å². The highest BCUT2D eigenvalue weighted by Crippen LogP contribution is 2.65. The first kappa shape index (κ1) is 21.7. The molecular weight excluding hydrogens is 372 g/mol. The van der Waals surface area contributed by atoms with Crippen molar-refractivity contribution in [1.29, 1.82) is 0 Å². The zero-order valence-electron chi connectivity index (χ0n) is 18.0. The van der Waals surface area contributed by atoms with Crippen molar-refractivity contribution >= 4 is 23.5 Å². The molecule has 5 atom stereocenters. The van der Waals surface area contributed by atoms with Crippen LogP contribution in [0.25, 0.3) is 0 Å². The predicted molar refractivity (Wildman–Crippen MR) is 107 cm³/mol. The normalized spacial score (nSPS) is 29.6. The Morgan fingerprint density at radius 1 is 1.17 bits per heavy atom. The first-order valence-corrected chi connectivity index (χ1v) is 10.5. The lowest BCUT2D eigenvalue weighted by Crippen LogP contribution is -2.59. The third-order valence-corrected chi connectivity index (χ3v) is 7.10. The Bertz CT molecular complexity index is 737. The second kappa shape index (κ2) is 7.07. The van der Waals surface area contributed by atoms with E-state index in [4.69, 9.17) is 11.5 Å². The van der Waals surface area contributed by atoms with Gasteiger partial charge in [0.2, 0.25) is 17.6 Å². The number of nitrogens with two attached hydrogens (primary N) is 2. The van der Waals surface area contributed by atoms with E-state index in [9.17, 15) is 19.2 Å². The summed E-state index contributed by atoms with van der Waals surface area (Å²) in [6, 6.07) is -2.34. The SMILES string of the molecule is CC(C)(C)[C@H](N)C(=O)N1C[C@H]2C(C1C(=O)NC(CC1CC1)C(=O)C(N)=O)C2(C)C. The van der Waals surface area contributed by atoms with Gasteiger partial charge in [-0.05, 0) is 35.0 Å². The van der Waals surface area contributed by atoms with Crippen LogP contribution < -0.4 is 16.8 Å². The van der Waals surface area contributed by atoms with E-state index in [1.807, 2.05) is 20.8 Å². The molecule has 8 heteroatoms. The van der Waals surface area contributed by atoms with Gasteiger partial charge in [0, 0.05) is 6.54 Å². The molecule has 3 fully saturated rings. The maximum absolute atomic E-state index is 13.2. The lowest BCUT2D eigenvalue weighted by molar-refractivity contribution is -0.144. The summed E-state index contributed by atoms with van der Waals surface area (Å²) in [6.45, 7) is 10.3. The summed E-state index contributed by atoms with van der Waals surface area (Å²) in [5, 5.41) is 2.74. The van der Waals surface area contributed by atoms with Crippen molar-refractivity contribution < 1.29 is 19.2 Å². The smallest absolute Gasteiger partial charge is 0.287 e. The van der Waals surface area contributed by atoms with Gasteiger partial charge in [-0.1, -0.05) is 47.5 Å². The van der Waals surface area contributed by atoms with E-state index in [1.54, 1.807) is 4.90 Å². The standard InChI is InChI=1S/C21H34N4O4/c1-20(2,3)16(22)19(29)25-9-11-13(21(11,4)5)14(25)18(28)24-12(8-10-6-7-10)15(26)17(23)27/h10-14,16H,6-9,22H2,1-5H3,(H2,23,27)(H,24,28)/t11-,12?,13?,14?,16+/m0/s1. The largest absolute Gasteiger partial charge is 0.363 e. The maximum atomic E-state index is 13.2. The molecule has 0 bridgehead atoms. The topological polar surface area (TPSA) is 136 Å². The molecule has 0 spiro atoms. The number of hydrogen-bond donors (Lipinski definition) is 3. The van der Waals surface area contributed by atoms with Gasteiger partial charge in [-0.2, -0.15) is 0 Å². The predicted octanol–water partition coefficient (Wildman–Crippen LogP) is 0.182.